The average Bonchev–Trinajstić information content (AvgIpc) is 2.28. The van der Waals surface area contributed by atoms with E-state index in [0.29, 0.717) is 0 Å². The first-order valence-electron chi connectivity index (χ1n) is 6.17. The van der Waals surface area contributed by atoms with E-state index >= 15 is 0 Å². The smallest absolute Gasteiger partial charge is 0.0353 e. The van der Waals surface area contributed by atoms with Crippen molar-refractivity contribution in [1.82, 2.24) is 0 Å². The second-order valence-corrected chi connectivity index (χ2v) is 3.67. The molecule has 0 heterocycles. The highest BCUT2D eigenvalue weighted by molar-refractivity contribution is 4.88. The molecule has 0 nitrogen and oxygen atoms in total. The van der Waals surface area contributed by atoms with Crippen LogP contribution in [0.5, 0.6) is 0 Å². The Morgan fingerprint density at radius 1 is 0.733 bits per heavy atom. The van der Waals surface area contributed by atoms with Gasteiger partial charge in [-0.1, -0.05) is 76.8 Å². The first-order chi connectivity index (χ1) is 7.33. The summed E-state index contributed by atoms with van der Waals surface area (Å²) < 4.78 is 0. The molecule has 0 bridgehead atoms. The summed E-state index contributed by atoms with van der Waals surface area (Å²) in [5.41, 5.74) is 0. The molecule has 0 aliphatic rings. The topological polar surface area (TPSA) is 0 Å². The summed E-state index contributed by atoms with van der Waals surface area (Å²) in [6.45, 7) is 12.7. The maximum Gasteiger partial charge on any atom is -0.0353 e. The van der Waals surface area contributed by atoms with Gasteiger partial charge in [-0.15, -0.1) is 6.58 Å². The maximum absolute atomic E-state index is 3.71. The molecule has 0 heteroatoms. The van der Waals surface area contributed by atoms with Crippen LogP contribution in [0.25, 0.3) is 0 Å². The molecule has 88 valence electrons. The van der Waals surface area contributed by atoms with Crippen LogP contribution >= 0.6 is 0 Å². The first kappa shape index (κ1) is 16.6. The lowest BCUT2D eigenvalue weighted by atomic mass is 10.1. The van der Waals surface area contributed by atoms with Crippen molar-refractivity contribution in [2.45, 2.75) is 58.3 Å². The van der Waals surface area contributed by atoms with Gasteiger partial charge in [-0.25, -0.2) is 0 Å². The Morgan fingerprint density at radius 3 is 1.60 bits per heavy atom. The van der Waals surface area contributed by atoms with Gasteiger partial charge in [0.2, 0.25) is 0 Å². The minimum Gasteiger partial charge on any atom is -0.103 e. The molecular formula is C15H28. The number of unbranched alkanes of at least 4 members (excludes halogenated alkanes) is 7. The molecule has 15 heavy (non-hydrogen) atoms. The van der Waals surface area contributed by atoms with Crippen molar-refractivity contribution in [2.24, 2.45) is 0 Å². The van der Waals surface area contributed by atoms with E-state index in [9.17, 15) is 0 Å². The molecule has 0 unspecified atom stereocenters. The summed E-state index contributed by atoms with van der Waals surface area (Å²) in [4.78, 5) is 0. The largest absolute Gasteiger partial charge is 0.103 e. The van der Waals surface area contributed by atoms with Crippen molar-refractivity contribution in [3.05, 3.63) is 38.0 Å². The van der Waals surface area contributed by atoms with Crippen LogP contribution in [-0.4, -0.2) is 0 Å². The van der Waals surface area contributed by atoms with Gasteiger partial charge >= 0.3 is 0 Å². The third-order valence-corrected chi connectivity index (χ3v) is 2.18. The fourth-order valence-corrected chi connectivity index (χ4v) is 1.25. The van der Waals surface area contributed by atoms with Crippen molar-refractivity contribution in [1.29, 1.82) is 0 Å². The molecule has 0 spiro atoms. The Labute approximate surface area is 96.8 Å². The molecule has 0 saturated carbocycles. The first-order valence-corrected chi connectivity index (χ1v) is 6.17. The minimum atomic E-state index is 1.20. The van der Waals surface area contributed by atoms with E-state index in [1.54, 1.807) is 12.2 Å². The molecule has 0 aliphatic heterocycles. The molecule has 0 atom stereocenters. The van der Waals surface area contributed by atoms with Crippen LogP contribution in [0.3, 0.4) is 0 Å². The fourth-order valence-electron chi connectivity index (χ4n) is 1.25. The average molecular weight is 208 g/mol. The summed E-state index contributed by atoms with van der Waals surface area (Å²) in [6.07, 6.45) is 16.3. The van der Waals surface area contributed by atoms with Crippen LogP contribution < -0.4 is 0 Å². The Hall–Kier alpha value is -0.780. The van der Waals surface area contributed by atoms with Gasteiger partial charge < -0.3 is 0 Å². The van der Waals surface area contributed by atoms with E-state index in [4.69, 9.17) is 0 Å². The minimum absolute atomic E-state index is 1.20. The maximum atomic E-state index is 3.71. The van der Waals surface area contributed by atoms with Crippen molar-refractivity contribution in [3.63, 3.8) is 0 Å². The van der Waals surface area contributed by atoms with Crippen LogP contribution in [0, 0.1) is 0 Å². The highest BCUT2D eigenvalue weighted by Crippen LogP contribution is 2.07. The lowest BCUT2D eigenvalue weighted by Crippen LogP contribution is -1.78. The van der Waals surface area contributed by atoms with Gasteiger partial charge in [-0.2, -0.15) is 0 Å². The zero-order chi connectivity index (χ0) is 11.8. The third-order valence-electron chi connectivity index (χ3n) is 2.18. The van der Waals surface area contributed by atoms with E-state index in [2.05, 4.69) is 26.7 Å². The summed E-state index contributed by atoms with van der Waals surface area (Å²) in [5, 5.41) is 0. The van der Waals surface area contributed by atoms with Gasteiger partial charge in [0, 0.05) is 0 Å². The van der Waals surface area contributed by atoms with E-state index < -0.39 is 0 Å². The van der Waals surface area contributed by atoms with Gasteiger partial charge in [-0.3, -0.25) is 0 Å². The highest BCUT2D eigenvalue weighted by Gasteiger charge is 1.88. The summed E-state index contributed by atoms with van der Waals surface area (Å²) >= 11 is 0. The quantitative estimate of drug-likeness (QED) is 0.260. The number of hydrogen-bond acceptors (Lipinski definition) is 0. The second kappa shape index (κ2) is 18.9. The summed E-state index contributed by atoms with van der Waals surface area (Å²) in [7, 11) is 0. The molecule has 0 fully saturated rings. The molecule has 0 amide bonds. The lowest BCUT2D eigenvalue weighted by molar-refractivity contribution is 0.592. The van der Waals surface area contributed by atoms with E-state index in [-0.39, 0.29) is 0 Å². The van der Waals surface area contributed by atoms with Crippen molar-refractivity contribution >= 4 is 0 Å². The van der Waals surface area contributed by atoms with Gasteiger partial charge in [-0.05, 0) is 12.8 Å². The van der Waals surface area contributed by atoms with Gasteiger partial charge in [0.05, 0.1) is 0 Å². The molecule has 0 radical (unpaired) electrons. The fraction of sp³-hybridized carbons (Fsp3) is 0.600. The predicted octanol–water partition coefficient (Wildman–Crippen LogP) is 5.67. The molecule has 0 saturated heterocycles. The van der Waals surface area contributed by atoms with Gasteiger partial charge in [0.1, 0.15) is 0 Å². The molecule has 0 aliphatic carbocycles. The number of hydrogen-bond donors (Lipinski definition) is 0. The van der Waals surface area contributed by atoms with Crippen LogP contribution in [-0.2, 0) is 0 Å². The normalized spacial score (nSPS) is 8.60. The van der Waals surface area contributed by atoms with Crippen LogP contribution in [0.4, 0.5) is 0 Å². The third kappa shape index (κ3) is 24.6. The molecule has 0 aromatic carbocycles. The van der Waals surface area contributed by atoms with Crippen LogP contribution in [0.1, 0.15) is 58.3 Å². The summed E-state index contributed by atoms with van der Waals surface area (Å²) in [6, 6.07) is 0. The lowest BCUT2D eigenvalue weighted by Gasteiger charge is -1.98. The SMILES string of the molecule is C=CC=C.C=CCCCCCCCCC. The number of allylic oxidation sites excluding steroid dienone is 3. The Kier molecular flexibility index (Phi) is 21.0. The molecule has 0 aromatic heterocycles. The van der Waals surface area contributed by atoms with Crippen LogP contribution in [0.15, 0.2) is 38.0 Å². The zero-order valence-electron chi connectivity index (χ0n) is 10.5. The van der Waals surface area contributed by atoms with Crippen LogP contribution in [0.2, 0.25) is 0 Å². The number of rotatable bonds is 9. The Balaban J connectivity index is 0. The van der Waals surface area contributed by atoms with E-state index in [1.165, 1.54) is 51.4 Å². The molecule has 0 N–H and O–H groups in total. The Bertz CT molecular complexity index is 127. The zero-order valence-corrected chi connectivity index (χ0v) is 10.5. The van der Waals surface area contributed by atoms with Gasteiger partial charge in [0.25, 0.3) is 0 Å². The second-order valence-electron chi connectivity index (χ2n) is 3.67. The van der Waals surface area contributed by atoms with Crippen molar-refractivity contribution < 1.29 is 0 Å². The van der Waals surface area contributed by atoms with Gasteiger partial charge in [0.15, 0.2) is 0 Å². The highest BCUT2D eigenvalue weighted by atomic mass is 13.9. The molecular weight excluding hydrogens is 180 g/mol. The molecule has 0 aromatic rings. The standard InChI is InChI=1S/C11H22.C4H6/c1-3-5-7-9-11-10-8-6-4-2;1-3-4-2/h3H,1,4-11H2,2H3;3-4H,1-2H2. The van der Waals surface area contributed by atoms with E-state index in [1.807, 2.05) is 6.08 Å². The predicted molar refractivity (Wildman–Crippen MR) is 73.2 cm³/mol. The Morgan fingerprint density at radius 2 is 1.20 bits per heavy atom. The summed E-state index contributed by atoms with van der Waals surface area (Å²) in [5.74, 6) is 0. The van der Waals surface area contributed by atoms with Crippen molar-refractivity contribution in [2.75, 3.05) is 0 Å². The van der Waals surface area contributed by atoms with Crippen molar-refractivity contribution in [3.8, 4) is 0 Å². The van der Waals surface area contributed by atoms with E-state index in [0.717, 1.165) is 0 Å². The monoisotopic (exact) mass is 208 g/mol. The molecule has 0 rings (SSSR count).